The first-order valence-electron chi connectivity index (χ1n) is 2.82. The molecule has 52 valence electrons. The topological polar surface area (TPSA) is 29.5 Å². The maximum Gasteiger partial charge on any atom is 0.504 e. The van der Waals surface area contributed by atoms with E-state index in [1.807, 2.05) is 24.3 Å². The van der Waals surface area contributed by atoms with Gasteiger partial charge in [-0.25, -0.2) is 0 Å². The van der Waals surface area contributed by atoms with E-state index in [0.29, 0.717) is 5.75 Å². The summed E-state index contributed by atoms with van der Waals surface area (Å²) in [6, 6.07) is 7.48. The molecule has 0 aliphatic rings. The van der Waals surface area contributed by atoms with E-state index in [2.05, 4.69) is 22.6 Å². The van der Waals surface area contributed by atoms with Gasteiger partial charge in [0.2, 0.25) is 0 Å². The smallest absolute Gasteiger partial charge is 0.504 e. The summed E-state index contributed by atoms with van der Waals surface area (Å²) in [6.45, 7) is 0. The zero-order chi connectivity index (χ0) is 7.40. The molecule has 0 aliphatic heterocycles. The minimum atomic E-state index is -0.263. The van der Waals surface area contributed by atoms with Crippen LogP contribution in [0.2, 0.25) is 0 Å². The van der Waals surface area contributed by atoms with E-state index in [1.165, 1.54) is 0 Å². The van der Waals surface area contributed by atoms with E-state index in [-0.39, 0.29) is 7.69 Å². The Hall–Kier alpha value is -0.225. The van der Waals surface area contributed by atoms with Gasteiger partial charge in [-0.3, -0.25) is 0 Å². The SMILES string of the molecule is OBOc1ccc(I)cc1. The normalized spacial score (nSPS) is 9.00. The van der Waals surface area contributed by atoms with Crippen LogP contribution >= 0.6 is 22.6 Å². The third-order valence-corrected chi connectivity index (χ3v) is 1.76. The standard InChI is InChI=1S/C6H6BIO2/c8-5-1-3-6(4-2-5)10-7-9/h1-4,7,9H. The van der Waals surface area contributed by atoms with Crippen molar-refractivity contribution in [3.63, 3.8) is 0 Å². The molecule has 0 fully saturated rings. The van der Waals surface area contributed by atoms with Crippen molar-refractivity contribution in [2.45, 2.75) is 0 Å². The van der Waals surface area contributed by atoms with Gasteiger partial charge in [0.05, 0.1) is 0 Å². The minimum absolute atomic E-state index is 0.263. The molecule has 2 nitrogen and oxygen atoms in total. The Kier molecular flexibility index (Phi) is 3.01. The molecular weight excluding hydrogens is 242 g/mol. The van der Waals surface area contributed by atoms with Crippen LogP contribution in [0.1, 0.15) is 0 Å². The zero-order valence-electron chi connectivity index (χ0n) is 5.25. The molecule has 1 N–H and O–H groups in total. The largest absolute Gasteiger partial charge is 0.539 e. The molecule has 1 aromatic carbocycles. The molecule has 1 aromatic rings. The van der Waals surface area contributed by atoms with E-state index in [9.17, 15) is 0 Å². The summed E-state index contributed by atoms with van der Waals surface area (Å²) in [5.74, 6) is 0.697. The monoisotopic (exact) mass is 248 g/mol. The second kappa shape index (κ2) is 3.83. The molecule has 0 radical (unpaired) electrons. The van der Waals surface area contributed by atoms with Crippen LogP contribution in [0.3, 0.4) is 0 Å². The summed E-state index contributed by atoms with van der Waals surface area (Å²) in [5, 5.41) is 8.36. The second-order valence-electron chi connectivity index (χ2n) is 1.73. The van der Waals surface area contributed by atoms with Crippen LogP contribution in [-0.2, 0) is 0 Å². The first-order valence-corrected chi connectivity index (χ1v) is 3.90. The van der Waals surface area contributed by atoms with Crippen LogP contribution in [-0.4, -0.2) is 12.7 Å². The number of hydrogen-bond acceptors (Lipinski definition) is 2. The third kappa shape index (κ3) is 2.19. The van der Waals surface area contributed by atoms with Crippen LogP contribution < -0.4 is 4.65 Å². The molecule has 1 rings (SSSR count). The molecule has 0 aliphatic carbocycles. The lowest BCUT2D eigenvalue weighted by molar-refractivity contribution is 0.454. The van der Waals surface area contributed by atoms with E-state index < -0.39 is 0 Å². The molecule has 0 bridgehead atoms. The average molecular weight is 248 g/mol. The molecule has 0 heterocycles. The fourth-order valence-corrected chi connectivity index (χ4v) is 0.965. The summed E-state index contributed by atoms with van der Waals surface area (Å²) >= 11 is 2.21. The maximum atomic E-state index is 8.36. The van der Waals surface area contributed by atoms with Gasteiger partial charge >= 0.3 is 7.69 Å². The van der Waals surface area contributed by atoms with Gasteiger partial charge in [-0.2, -0.15) is 0 Å². The lowest BCUT2D eigenvalue weighted by Crippen LogP contribution is -1.99. The highest BCUT2D eigenvalue weighted by atomic mass is 127. The highest BCUT2D eigenvalue weighted by Crippen LogP contribution is 2.12. The van der Waals surface area contributed by atoms with Gasteiger partial charge in [0.1, 0.15) is 5.75 Å². The van der Waals surface area contributed by atoms with Crippen molar-refractivity contribution < 1.29 is 9.68 Å². The molecule has 0 spiro atoms. The Labute approximate surface area is 73.7 Å². The van der Waals surface area contributed by atoms with E-state index in [0.717, 1.165) is 3.57 Å². The molecular formula is C6H6BIO2. The van der Waals surface area contributed by atoms with Gasteiger partial charge in [-0.05, 0) is 46.9 Å². The molecule has 10 heavy (non-hydrogen) atoms. The third-order valence-electron chi connectivity index (χ3n) is 1.04. The first kappa shape index (κ1) is 7.88. The fourth-order valence-electron chi connectivity index (χ4n) is 0.605. The van der Waals surface area contributed by atoms with Crippen molar-refractivity contribution >= 4 is 30.3 Å². The number of rotatable bonds is 2. The van der Waals surface area contributed by atoms with Crippen molar-refractivity contribution in [2.24, 2.45) is 0 Å². The average Bonchev–Trinajstić information content (AvgIpc) is 1.95. The van der Waals surface area contributed by atoms with E-state index >= 15 is 0 Å². The van der Waals surface area contributed by atoms with Gasteiger partial charge in [-0.1, -0.05) is 0 Å². The van der Waals surface area contributed by atoms with Crippen molar-refractivity contribution in [1.82, 2.24) is 0 Å². The van der Waals surface area contributed by atoms with Gasteiger partial charge in [0, 0.05) is 3.57 Å². The summed E-state index contributed by atoms with van der Waals surface area (Å²) in [7, 11) is -0.263. The fraction of sp³-hybridized carbons (Fsp3) is 0. The number of hydrogen-bond donors (Lipinski definition) is 1. The van der Waals surface area contributed by atoms with Crippen LogP contribution in [0, 0.1) is 3.57 Å². The Morgan fingerprint density at radius 2 is 1.90 bits per heavy atom. The van der Waals surface area contributed by atoms with Crippen molar-refractivity contribution in [1.29, 1.82) is 0 Å². The molecule has 4 heteroatoms. The van der Waals surface area contributed by atoms with Crippen molar-refractivity contribution in [3.8, 4) is 5.75 Å². The Balaban J connectivity index is 2.69. The predicted octanol–water partition coefficient (Wildman–Crippen LogP) is 0.929. The Morgan fingerprint density at radius 3 is 2.40 bits per heavy atom. The van der Waals surface area contributed by atoms with Crippen molar-refractivity contribution in [2.75, 3.05) is 0 Å². The summed E-state index contributed by atoms with van der Waals surface area (Å²) in [6.07, 6.45) is 0. The van der Waals surface area contributed by atoms with Gasteiger partial charge in [0.15, 0.2) is 0 Å². The zero-order valence-corrected chi connectivity index (χ0v) is 7.41. The first-order chi connectivity index (χ1) is 4.83. The highest BCUT2D eigenvalue weighted by Gasteiger charge is 1.90. The minimum Gasteiger partial charge on any atom is -0.539 e. The molecule has 0 amide bonds. The van der Waals surface area contributed by atoms with Gasteiger partial charge < -0.3 is 9.68 Å². The second-order valence-corrected chi connectivity index (χ2v) is 2.97. The molecule has 0 saturated carbocycles. The highest BCUT2D eigenvalue weighted by molar-refractivity contribution is 14.1. The quantitative estimate of drug-likeness (QED) is 0.623. The van der Waals surface area contributed by atoms with Crippen LogP contribution in [0.5, 0.6) is 5.75 Å². The summed E-state index contributed by atoms with van der Waals surface area (Å²) < 4.78 is 5.97. The molecule has 0 atom stereocenters. The van der Waals surface area contributed by atoms with Crippen LogP contribution in [0.25, 0.3) is 0 Å². The molecule has 0 aromatic heterocycles. The van der Waals surface area contributed by atoms with Gasteiger partial charge in [-0.15, -0.1) is 0 Å². The Morgan fingerprint density at radius 1 is 1.30 bits per heavy atom. The Bertz CT molecular complexity index is 199. The lowest BCUT2D eigenvalue weighted by Gasteiger charge is -1.99. The summed E-state index contributed by atoms with van der Waals surface area (Å²) in [4.78, 5) is 0. The molecule has 0 saturated heterocycles. The van der Waals surface area contributed by atoms with E-state index in [1.54, 1.807) is 0 Å². The van der Waals surface area contributed by atoms with Crippen LogP contribution in [0.15, 0.2) is 24.3 Å². The molecule has 0 unspecified atom stereocenters. The number of benzene rings is 1. The van der Waals surface area contributed by atoms with Crippen LogP contribution in [0.4, 0.5) is 0 Å². The van der Waals surface area contributed by atoms with Gasteiger partial charge in [0.25, 0.3) is 0 Å². The van der Waals surface area contributed by atoms with E-state index in [4.69, 9.17) is 9.68 Å². The lowest BCUT2D eigenvalue weighted by atomic mass is 10.3. The van der Waals surface area contributed by atoms with Crippen molar-refractivity contribution in [3.05, 3.63) is 27.8 Å². The number of halogens is 1. The summed E-state index contributed by atoms with van der Waals surface area (Å²) in [5.41, 5.74) is 0. The maximum absolute atomic E-state index is 8.36. The predicted molar refractivity (Wildman–Crippen MR) is 49.2 cm³/mol.